The van der Waals surface area contributed by atoms with Gasteiger partial charge in [-0.25, -0.2) is 0 Å². The molecule has 1 aromatic carbocycles. The van der Waals surface area contributed by atoms with E-state index in [1.54, 1.807) is 0 Å². The van der Waals surface area contributed by atoms with Gasteiger partial charge < -0.3 is 10.6 Å². The molecule has 1 aromatic rings. The number of hydrogen-bond acceptors (Lipinski definition) is 2. The number of nitrogens with one attached hydrogen (secondary N) is 2. The van der Waals surface area contributed by atoms with Gasteiger partial charge in [0, 0.05) is 28.5 Å². The van der Waals surface area contributed by atoms with Crippen LogP contribution in [0, 0.1) is 11.8 Å². The maximum absolute atomic E-state index is 12.4. The van der Waals surface area contributed by atoms with Crippen molar-refractivity contribution in [2.24, 2.45) is 11.8 Å². The van der Waals surface area contributed by atoms with Crippen molar-refractivity contribution >= 4 is 33.4 Å². The van der Waals surface area contributed by atoms with E-state index in [0.29, 0.717) is 0 Å². The predicted molar refractivity (Wildman–Crippen MR) is 101 cm³/mol. The second-order valence-corrected chi connectivity index (χ2v) is 7.46. The molecule has 2 N–H and O–H groups in total. The van der Waals surface area contributed by atoms with E-state index in [0.717, 1.165) is 61.7 Å². The van der Waals surface area contributed by atoms with Crippen LogP contribution in [0.5, 0.6) is 0 Å². The Bertz CT molecular complexity index is 554. The topological polar surface area (TPSA) is 58.2 Å². The molecule has 0 bridgehead atoms. The van der Waals surface area contributed by atoms with E-state index < -0.39 is 0 Å². The summed E-state index contributed by atoms with van der Waals surface area (Å²) < 4.78 is 0.948. The minimum absolute atomic E-state index is 0.00752. The first kappa shape index (κ1) is 19.0. The maximum Gasteiger partial charge on any atom is 0.227 e. The van der Waals surface area contributed by atoms with Gasteiger partial charge in [0.25, 0.3) is 0 Å². The zero-order valence-corrected chi connectivity index (χ0v) is 15.9. The molecular weight excluding hydrogens is 368 g/mol. The van der Waals surface area contributed by atoms with Crippen molar-refractivity contribution in [3.8, 4) is 0 Å². The van der Waals surface area contributed by atoms with Gasteiger partial charge in [0.15, 0.2) is 0 Å². The highest BCUT2D eigenvalue weighted by atomic mass is 79.9. The summed E-state index contributed by atoms with van der Waals surface area (Å²) in [5, 5.41) is 6.01. The van der Waals surface area contributed by atoms with E-state index in [1.807, 2.05) is 24.3 Å². The third kappa shape index (κ3) is 5.93. The molecule has 5 heteroatoms. The second kappa shape index (κ2) is 9.82. The summed E-state index contributed by atoms with van der Waals surface area (Å²) in [7, 11) is 0. The number of carbonyl (C=O) groups excluding carboxylic acids is 2. The first-order valence-electron chi connectivity index (χ1n) is 8.94. The van der Waals surface area contributed by atoms with Gasteiger partial charge in [-0.05, 0) is 50.3 Å². The van der Waals surface area contributed by atoms with E-state index in [2.05, 4.69) is 33.5 Å². The lowest BCUT2D eigenvalue weighted by atomic mass is 9.81. The zero-order valence-electron chi connectivity index (χ0n) is 14.3. The molecule has 0 spiro atoms. The molecule has 0 aliphatic heterocycles. The van der Waals surface area contributed by atoms with E-state index in [1.165, 1.54) is 0 Å². The Hall–Kier alpha value is -1.36. The molecule has 0 unspecified atom stereocenters. The van der Waals surface area contributed by atoms with Crippen LogP contribution in [0.15, 0.2) is 28.7 Å². The van der Waals surface area contributed by atoms with Crippen LogP contribution in [-0.2, 0) is 9.59 Å². The molecule has 4 nitrogen and oxygen atoms in total. The first-order chi connectivity index (χ1) is 11.6. The van der Waals surface area contributed by atoms with Crippen molar-refractivity contribution in [3.05, 3.63) is 28.7 Å². The Kier molecular flexibility index (Phi) is 7.76. The number of hydrogen-bond donors (Lipinski definition) is 2. The minimum atomic E-state index is 0.00752. The van der Waals surface area contributed by atoms with Crippen molar-refractivity contribution in [1.29, 1.82) is 0 Å². The van der Waals surface area contributed by atoms with Crippen molar-refractivity contribution in [1.82, 2.24) is 5.32 Å². The molecule has 0 atom stereocenters. The summed E-state index contributed by atoms with van der Waals surface area (Å²) in [5.74, 6) is 0.307. The fourth-order valence-electron chi connectivity index (χ4n) is 3.16. The SMILES string of the molecule is CCCCCNC(=O)C1CCC(C(=O)Nc2cccc(Br)c2)CC1. The third-order valence-electron chi connectivity index (χ3n) is 4.64. The molecule has 1 fully saturated rings. The summed E-state index contributed by atoms with van der Waals surface area (Å²) in [6.07, 6.45) is 6.54. The van der Waals surface area contributed by atoms with Crippen molar-refractivity contribution in [3.63, 3.8) is 0 Å². The van der Waals surface area contributed by atoms with Crippen LogP contribution in [-0.4, -0.2) is 18.4 Å². The predicted octanol–water partition coefficient (Wildman–Crippen LogP) is 4.50. The summed E-state index contributed by atoms with van der Waals surface area (Å²) in [6.45, 7) is 2.93. The molecule has 24 heavy (non-hydrogen) atoms. The van der Waals surface area contributed by atoms with Crippen molar-refractivity contribution in [2.45, 2.75) is 51.9 Å². The molecule has 0 radical (unpaired) electrons. The van der Waals surface area contributed by atoms with Gasteiger partial charge in [-0.15, -0.1) is 0 Å². The average molecular weight is 395 g/mol. The number of carbonyl (C=O) groups is 2. The first-order valence-corrected chi connectivity index (χ1v) is 9.73. The standard InChI is InChI=1S/C19H27BrN2O2/c1-2-3-4-12-21-18(23)14-8-10-15(11-9-14)19(24)22-17-7-5-6-16(20)13-17/h5-7,13-15H,2-4,8-12H2,1H3,(H,21,23)(H,22,24). The lowest BCUT2D eigenvalue weighted by Gasteiger charge is -2.27. The molecule has 2 rings (SSSR count). The quantitative estimate of drug-likeness (QED) is 0.668. The number of anilines is 1. The van der Waals surface area contributed by atoms with Crippen LogP contribution >= 0.6 is 15.9 Å². The fraction of sp³-hybridized carbons (Fsp3) is 0.579. The molecule has 0 saturated heterocycles. The van der Waals surface area contributed by atoms with Gasteiger partial charge in [-0.1, -0.05) is 41.8 Å². The molecule has 1 saturated carbocycles. The maximum atomic E-state index is 12.4. The van der Waals surface area contributed by atoms with Crippen LogP contribution in [0.2, 0.25) is 0 Å². The van der Waals surface area contributed by atoms with Crippen molar-refractivity contribution in [2.75, 3.05) is 11.9 Å². The number of unbranched alkanes of at least 4 members (excludes halogenated alkanes) is 2. The average Bonchev–Trinajstić information content (AvgIpc) is 2.58. The molecule has 1 aliphatic rings. The van der Waals surface area contributed by atoms with E-state index in [9.17, 15) is 9.59 Å². The van der Waals surface area contributed by atoms with Gasteiger partial charge in [0.05, 0.1) is 0 Å². The highest BCUT2D eigenvalue weighted by Gasteiger charge is 2.29. The highest BCUT2D eigenvalue weighted by molar-refractivity contribution is 9.10. The fourth-order valence-corrected chi connectivity index (χ4v) is 3.56. The van der Waals surface area contributed by atoms with Crippen LogP contribution in [0.1, 0.15) is 51.9 Å². The van der Waals surface area contributed by atoms with Gasteiger partial charge >= 0.3 is 0 Å². The Morgan fingerprint density at radius 1 is 1.08 bits per heavy atom. The molecule has 1 aliphatic carbocycles. The summed E-state index contributed by atoms with van der Waals surface area (Å²) in [6, 6.07) is 7.62. The minimum Gasteiger partial charge on any atom is -0.356 e. The Labute approximate surface area is 152 Å². The third-order valence-corrected chi connectivity index (χ3v) is 5.13. The Balaban J connectivity index is 1.73. The van der Waals surface area contributed by atoms with Gasteiger partial charge in [-0.2, -0.15) is 0 Å². The molecule has 0 aromatic heterocycles. The summed E-state index contributed by atoms with van der Waals surface area (Å²) >= 11 is 3.41. The van der Waals surface area contributed by atoms with Crippen LogP contribution < -0.4 is 10.6 Å². The van der Waals surface area contributed by atoms with Gasteiger partial charge in [0.2, 0.25) is 11.8 Å². The van der Waals surface area contributed by atoms with E-state index >= 15 is 0 Å². The largest absolute Gasteiger partial charge is 0.356 e. The van der Waals surface area contributed by atoms with Gasteiger partial charge in [-0.3, -0.25) is 9.59 Å². The number of benzene rings is 1. The summed E-state index contributed by atoms with van der Waals surface area (Å²) in [5.41, 5.74) is 0.810. The lowest BCUT2D eigenvalue weighted by Crippen LogP contribution is -2.35. The number of rotatable bonds is 7. The zero-order chi connectivity index (χ0) is 17.4. The van der Waals surface area contributed by atoms with Crippen molar-refractivity contribution < 1.29 is 9.59 Å². The molecule has 132 valence electrons. The normalized spacial score (nSPS) is 20.4. The number of halogens is 1. The van der Waals surface area contributed by atoms with Crippen LogP contribution in [0.3, 0.4) is 0 Å². The molecule has 0 heterocycles. The number of amides is 2. The van der Waals surface area contributed by atoms with E-state index in [-0.39, 0.29) is 23.7 Å². The lowest BCUT2D eigenvalue weighted by molar-refractivity contribution is -0.128. The molecule has 2 amide bonds. The smallest absolute Gasteiger partial charge is 0.227 e. The second-order valence-electron chi connectivity index (χ2n) is 6.55. The summed E-state index contributed by atoms with van der Waals surface area (Å²) in [4.78, 5) is 24.5. The Morgan fingerprint density at radius 3 is 2.38 bits per heavy atom. The highest BCUT2D eigenvalue weighted by Crippen LogP contribution is 2.30. The van der Waals surface area contributed by atoms with E-state index in [4.69, 9.17) is 0 Å². The van der Waals surface area contributed by atoms with Crippen LogP contribution in [0.4, 0.5) is 5.69 Å². The molecular formula is C19H27BrN2O2. The van der Waals surface area contributed by atoms with Crippen LogP contribution in [0.25, 0.3) is 0 Å². The van der Waals surface area contributed by atoms with Gasteiger partial charge in [0.1, 0.15) is 0 Å². The Morgan fingerprint density at radius 2 is 1.75 bits per heavy atom. The monoisotopic (exact) mass is 394 g/mol.